The van der Waals surface area contributed by atoms with Gasteiger partial charge in [0.15, 0.2) is 0 Å². The fourth-order valence-electron chi connectivity index (χ4n) is 2.40. The zero-order valence-electron chi connectivity index (χ0n) is 10.6. The molecule has 0 amide bonds. The van der Waals surface area contributed by atoms with Gasteiger partial charge in [-0.3, -0.25) is 0 Å². The number of ether oxygens (including phenoxy) is 1. The Morgan fingerprint density at radius 2 is 2.00 bits per heavy atom. The molecule has 1 aliphatic heterocycles. The molecule has 2 aromatic carbocycles. The van der Waals surface area contributed by atoms with E-state index in [-0.39, 0.29) is 0 Å². The van der Waals surface area contributed by atoms with E-state index < -0.39 is 0 Å². The van der Waals surface area contributed by atoms with Gasteiger partial charge in [0.05, 0.1) is 0 Å². The Bertz CT molecular complexity index is 563. The summed E-state index contributed by atoms with van der Waals surface area (Å²) < 4.78 is 5.87. The van der Waals surface area contributed by atoms with E-state index in [0.717, 1.165) is 18.8 Å². The summed E-state index contributed by atoms with van der Waals surface area (Å²) in [6, 6.07) is 14.6. The van der Waals surface area contributed by atoms with E-state index in [1.54, 1.807) is 0 Å². The number of aryl methyl sites for hydroxylation is 1. The Morgan fingerprint density at radius 1 is 1.11 bits per heavy atom. The molecule has 2 heteroatoms. The van der Waals surface area contributed by atoms with Crippen LogP contribution in [-0.4, -0.2) is 0 Å². The van der Waals surface area contributed by atoms with Gasteiger partial charge in [-0.2, -0.15) is 0 Å². The molecule has 0 saturated carbocycles. The fourth-order valence-corrected chi connectivity index (χ4v) is 2.40. The van der Waals surface area contributed by atoms with Crippen LogP contribution in [0.2, 0.25) is 0 Å². The van der Waals surface area contributed by atoms with E-state index in [2.05, 4.69) is 42.6 Å². The highest BCUT2D eigenvalue weighted by atomic mass is 16.5. The lowest BCUT2D eigenvalue weighted by Gasteiger charge is -2.10. The van der Waals surface area contributed by atoms with Crippen molar-refractivity contribution in [3.8, 4) is 5.75 Å². The molecule has 0 spiro atoms. The van der Waals surface area contributed by atoms with Crippen LogP contribution in [0.15, 0.2) is 42.5 Å². The average Bonchev–Trinajstić information content (AvgIpc) is 2.85. The third-order valence-corrected chi connectivity index (χ3v) is 3.37. The predicted molar refractivity (Wildman–Crippen MR) is 72.5 cm³/mol. The molecule has 1 N–H and O–H groups in total. The van der Waals surface area contributed by atoms with E-state index in [9.17, 15) is 0 Å². The molecule has 0 unspecified atom stereocenters. The fraction of sp³-hybridized carbons (Fsp3) is 0.250. The molecule has 0 aromatic heterocycles. The molecule has 2 nitrogen and oxygen atoms in total. The van der Waals surface area contributed by atoms with Crippen molar-refractivity contribution >= 4 is 0 Å². The molecule has 0 bridgehead atoms. The quantitative estimate of drug-likeness (QED) is 0.888. The first-order chi connectivity index (χ1) is 8.83. The zero-order chi connectivity index (χ0) is 12.4. The van der Waals surface area contributed by atoms with Crippen molar-refractivity contribution in [2.45, 2.75) is 26.6 Å². The highest BCUT2D eigenvalue weighted by molar-refractivity contribution is 5.38. The summed E-state index contributed by atoms with van der Waals surface area (Å²) in [5, 5.41) is 3.38. The van der Waals surface area contributed by atoms with Crippen LogP contribution >= 0.6 is 0 Å². The molecule has 18 heavy (non-hydrogen) atoms. The lowest BCUT2D eigenvalue weighted by Crippen LogP contribution is -2.03. The Morgan fingerprint density at radius 3 is 2.89 bits per heavy atom. The van der Waals surface area contributed by atoms with Gasteiger partial charge in [-0.15, -0.1) is 0 Å². The van der Waals surface area contributed by atoms with Gasteiger partial charge >= 0.3 is 0 Å². The molecule has 92 valence electrons. The Hall–Kier alpha value is -1.80. The van der Waals surface area contributed by atoms with E-state index in [4.69, 9.17) is 4.74 Å². The van der Waals surface area contributed by atoms with Crippen molar-refractivity contribution in [3.63, 3.8) is 0 Å². The second kappa shape index (κ2) is 4.83. The van der Waals surface area contributed by atoms with E-state index in [1.165, 1.54) is 22.3 Å². The van der Waals surface area contributed by atoms with Gasteiger partial charge in [0.1, 0.15) is 12.4 Å². The number of rotatable bonds is 3. The van der Waals surface area contributed by atoms with Crippen LogP contribution in [0.5, 0.6) is 5.75 Å². The van der Waals surface area contributed by atoms with Crippen LogP contribution in [0.25, 0.3) is 0 Å². The van der Waals surface area contributed by atoms with Crippen LogP contribution < -0.4 is 10.1 Å². The number of hydrogen-bond acceptors (Lipinski definition) is 2. The third kappa shape index (κ3) is 2.24. The van der Waals surface area contributed by atoms with Gasteiger partial charge in [-0.25, -0.2) is 0 Å². The van der Waals surface area contributed by atoms with Gasteiger partial charge in [-0.1, -0.05) is 30.3 Å². The standard InChI is InChI=1S/C16H17NO/c1-12-4-2-7-15(8-12)18-11-14-6-3-5-13-9-17-10-16(13)14/h2-8,17H,9-11H2,1H3. The number of benzene rings is 2. The largest absolute Gasteiger partial charge is 0.489 e. The second-order valence-electron chi connectivity index (χ2n) is 4.76. The molecule has 1 aliphatic rings. The van der Waals surface area contributed by atoms with Crippen LogP contribution in [-0.2, 0) is 19.7 Å². The molecule has 1 heterocycles. The minimum atomic E-state index is 0.647. The van der Waals surface area contributed by atoms with Crippen molar-refractivity contribution in [2.75, 3.05) is 0 Å². The summed E-state index contributed by atoms with van der Waals surface area (Å²) in [7, 11) is 0. The molecular weight excluding hydrogens is 222 g/mol. The van der Waals surface area contributed by atoms with Crippen molar-refractivity contribution in [1.82, 2.24) is 5.32 Å². The first-order valence-corrected chi connectivity index (χ1v) is 6.33. The smallest absolute Gasteiger partial charge is 0.120 e. The summed E-state index contributed by atoms with van der Waals surface area (Å²) in [4.78, 5) is 0. The van der Waals surface area contributed by atoms with Crippen LogP contribution in [0.3, 0.4) is 0 Å². The summed E-state index contributed by atoms with van der Waals surface area (Å²) in [5.41, 5.74) is 5.33. The molecule has 3 rings (SSSR count). The molecule has 2 aromatic rings. The Kier molecular flexibility index (Phi) is 3.03. The minimum absolute atomic E-state index is 0.647. The van der Waals surface area contributed by atoms with E-state index >= 15 is 0 Å². The number of nitrogens with one attached hydrogen (secondary N) is 1. The summed E-state index contributed by atoms with van der Waals surface area (Å²) in [6.45, 7) is 4.67. The maximum atomic E-state index is 5.87. The predicted octanol–water partition coefficient (Wildman–Crippen LogP) is 3.18. The highest BCUT2D eigenvalue weighted by Gasteiger charge is 2.13. The molecule has 0 saturated heterocycles. The average molecular weight is 239 g/mol. The van der Waals surface area contributed by atoms with Gasteiger partial charge in [0.2, 0.25) is 0 Å². The monoisotopic (exact) mass is 239 g/mol. The van der Waals surface area contributed by atoms with E-state index in [1.807, 2.05) is 12.1 Å². The van der Waals surface area contributed by atoms with Crippen molar-refractivity contribution in [3.05, 3.63) is 64.7 Å². The maximum Gasteiger partial charge on any atom is 0.120 e. The van der Waals surface area contributed by atoms with Gasteiger partial charge in [0.25, 0.3) is 0 Å². The van der Waals surface area contributed by atoms with Gasteiger partial charge in [-0.05, 0) is 41.3 Å². The van der Waals surface area contributed by atoms with Crippen molar-refractivity contribution < 1.29 is 4.74 Å². The van der Waals surface area contributed by atoms with Crippen LogP contribution in [0, 0.1) is 6.92 Å². The lowest BCUT2D eigenvalue weighted by molar-refractivity contribution is 0.305. The summed E-state index contributed by atoms with van der Waals surface area (Å²) >= 11 is 0. The molecule has 0 aliphatic carbocycles. The Balaban J connectivity index is 1.76. The Labute approximate surface area is 108 Å². The molecule has 0 fully saturated rings. The minimum Gasteiger partial charge on any atom is -0.489 e. The summed E-state index contributed by atoms with van der Waals surface area (Å²) in [5.74, 6) is 0.943. The van der Waals surface area contributed by atoms with Gasteiger partial charge in [0, 0.05) is 13.1 Å². The number of hydrogen-bond donors (Lipinski definition) is 1. The number of fused-ring (bicyclic) bond motifs is 1. The third-order valence-electron chi connectivity index (χ3n) is 3.37. The van der Waals surface area contributed by atoms with Crippen molar-refractivity contribution in [2.24, 2.45) is 0 Å². The normalized spacial score (nSPS) is 13.4. The SMILES string of the molecule is Cc1cccc(OCc2cccc3c2CNC3)c1. The van der Waals surface area contributed by atoms with Gasteiger partial charge < -0.3 is 10.1 Å². The highest BCUT2D eigenvalue weighted by Crippen LogP contribution is 2.22. The first kappa shape index (κ1) is 11.3. The second-order valence-corrected chi connectivity index (χ2v) is 4.76. The topological polar surface area (TPSA) is 21.3 Å². The lowest BCUT2D eigenvalue weighted by atomic mass is 10.0. The zero-order valence-corrected chi connectivity index (χ0v) is 10.6. The first-order valence-electron chi connectivity index (χ1n) is 6.33. The van der Waals surface area contributed by atoms with Crippen LogP contribution in [0.4, 0.5) is 0 Å². The molecular formula is C16H17NO. The van der Waals surface area contributed by atoms with Crippen molar-refractivity contribution in [1.29, 1.82) is 0 Å². The summed E-state index contributed by atoms with van der Waals surface area (Å²) in [6.07, 6.45) is 0. The molecule has 0 radical (unpaired) electrons. The van der Waals surface area contributed by atoms with Crippen LogP contribution in [0.1, 0.15) is 22.3 Å². The molecule has 0 atom stereocenters. The maximum absolute atomic E-state index is 5.87. The van der Waals surface area contributed by atoms with E-state index in [0.29, 0.717) is 6.61 Å².